The van der Waals surface area contributed by atoms with E-state index in [0.29, 0.717) is 32.1 Å². The maximum absolute atomic E-state index is 13.4. The Morgan fingerprint density at radius 3 is 2.44 bits per heavy atom. The SMILES string of the molecule is NC(=O)c1nccnc1-c1nc(N2CCOCC2)ccc1C(F)(F)F. The zero-order chi connectivity index (χ0) is 18.0. The van der Waals surface area contributed by atoms with E-state index in [1.54, 1.807) is 4.90 Å². The number of carbonyl (C=O) groups is 1. The summed E-state index contributed by atoms with van der Waals surface area (Å²) in [6.45, 7) is 1.91. The molecule has 7 nitrogen and oxygen atoms in total. The molecule has 10 heteroatoms. The molecule has 132 valence electrons. The van der Waals surface area contributed by atoms with E-state index in [4.69, 9.17) is 10.5 Å². The van der Waals surface area contributed by atoms with E-state index in [2.05, 4.69) is 15.0 Å². The van der Waals surface area contributed by atoms with Crippen LogP contribution in [0.15, 0.2) is 24.5 Å². The summed E-state index contributed by atoms with van der Waals surface area (Å²) in [5, 5.41) is 0. The number of hydrogen-bond donors (Lipinski definition) is 1. The zero-order valence-electron chi connectivity index (χ0n) is 13.0. The van der Waals surface area contributed by atoms with Gasteiger partial charge in [-0.3, -0.25) is 9.78 Å². The minimum absolute atomic E-state index is 0.294. The number of rotatable bonds is 3. The minimum Gasteiger partial charge on any atom is -0.378 e. The largest absolute Gasteiger partial charge is 0.418 e. The van der Waals surface area contributed by atoms with E-state index in [0.717, 1.165) is 6.07 Å². The van der Waals surface area contributed by atoms with Crippen molar-refractivity contribution in [1.29, 1.82) is 0 Å². The Bertz CT molecular complexity index is 791. The van der Waals surface area contributed by atoms with Gasteiger partial charge < -0.3 is 15.4 Å². The van der Waals surface area contributed by atoms with Gasteiger partial charge in [0.15, 0.2) is 5.69 Å². The molecule has 0 unspecified atom stereocenters. The van der Waals surface area contributed by atoms with Crippen LogP contribution in [-0.4, -0.2) is 47.2 Å². The number of alkyl halides is 3. The van der Waals surface area contributed by atoms with Gasteiger partial charge in [0.2, 0.25) is 0 Å². The van der Waals surface area contributed by atoms with Crippen LogP contribution in [0.4, 0.5) is 19.0 Å². The van der Waals surface area contributed by atoms with Gasteiger partial charge in [0, 0.05) is 25.5 Å². The number of hydrogen-bond acceptors (Lipinski definition) is 6. The second kappa shape index (κ2) is 6.63. The predicted molar refractivity (Wildman–Crippen MR) is 81.8 cm³/mol. The van der Waals surface area contributed by atoms with E-state index in [1.807, 2.05) is 0 Å². The van der Waals surface area contributed by atoms with Crippen LogP contribution in [0.5, 0.6) is 0 Å². The van der Waals surface area contributed by atoms with E-state index in [1.165, 1.54) is 18.5 Å². The summed E-state index contributed by atoms with van der Waals surface area (Å²) in [5.41, 5.74) is 3.08. The molecule has 1 fully saturated rings. The number of carbonyl (C=O) groups excluding carboxylic acids is 1. The van der Waals surface area contributed by atoms with Crippen LogP contribution in [0, 0.1) is 0 Å². The first-order chi connectivity index (χ1) is 11.9. The molecular formula is C15H14F3N5O2. The molecule has 0 radical (unpaired) electrons. The van der Waals surface area contributed by atoms with Crippen molar-refractivity contribution in [3.63, 3.8) is 0 Å². The lowest BCUT2D eigenvalue weighted by atomic mass is 10.1. The number of ether oxygens (including phenoxy) is 1. The first-order valence-corrected chi connectivity index (χ1v) is 7.40. The average Bonchev–Trinajstić information content (AvgIpc) is 2.61. The Morgan fingerprint density at radius 2 is 1.80 bits per heavy atom. The maximum Gasteiger partial charge on any atom is 0.418 e. The number of nitrogens with two attached hydrogens (primary N) is 1. The number of anilines is 1. The molecule has 0 bridgehead atoms. The summed E-state index contributed by atoms with van der Waals surface area (Å²) in [5.74, 6) is -0.637. The van der Waals surface area contributed by atoms with Crippen LogP contribution in [0.2, 0.25) is 0 Å². The third kappa shape index (κ3) is 3.53. The van der Waals surface area contributed by atoms with E-state index in [9.17, 15) is 18.0 Å². The molecule has 0 atom stereocenters. The molecule has 2 aromatic heterocycles. The zero-order valence-corrected chi connectivity index (χ0v) is 13.0. The summed E-state index contributed by atoms with van der Waals surface area (Å²) < 4.78 is 45.4. The highest BCUT2D eigenvalue weighted by atomic mass is 19.4. The number of amides is 1. The van der Waals surface area contributed by atoms with Crippen molar-refractivity contribution in [2.75, 3.05) is 31.2 Å². The lowest BCUT2D eigenvalue weighted by Gasteiger charge is -2.28. The van der Waals surface area contributed by atoms with Crippen molar-refractivity contribution in [3.05, 3.63) is 35.8 Å². The molecule has 0 spiro atoms. The Labute approximate surface area is 140 Å². The molecule has 0 saturated carbocycles. The van der Waals surface area contributed by atoms with E-state index in [-0.39, 0.29) is 11.4 Å². The molecule has 25 heavy (non-hydrogen) atoms. The predicted octanol–water partition coefficient (Wildman–Crippen LogP) is 1.49. The van der Waals surface area contributed by atoms with Crippen LogP contribution in [0.1, 0.15) is 16.1 Å². The fourth-order valence-electron chi connectivity index (χ4n) is 2.52. The smallest absolute Gasteiger partial charge is 0.378 e. The van der Waals surface area contributed by atoms with Crippen molar-refractivity contribution in [2.45, 2.75) is 6.18 Å². The molecule has 0 aliphatic carbocycles. The van der Waals surface area contributed by atoms with Gasteiger partial charge in [0.1, 0.15) is 17.2 Å². The number of nitrogens with zero attached hydrogens (tertiary/aromatic N) is 4. The van der Waals surface area contributed by atoms with Gasteiger partial charge in [0.25, 0.3) is 5.91 Å². The van der Waals surface area contributed by atoms with Gasteiger partial charge in [-0.2, -0.15) is 13.2 Å². The Morgan fingerprint density at radius 1 is 1.12 bits per heavy atom. The van der Waals surface area contributed by atoms with Gasteiger partial charge in [0.05, 0.1) is 18.8 Å². The first-order valence-electron chi connectivity index (χ1n) is 7.40. The third-order valence-corrected chi connectivity index (χ3v) is 3.68. The molecule has 0 aromatic carbocycles. The number of aromatic nitrogens is 3. The van der Waals surface area contributed by atoms with Crippen LogP contribution in [0.3, 0.4) is 0 Å². The second-order valence-electron chi connectivity index (χ2n) is 5.28. The van der Waals surface area contributed by atoms with Crippen molar-refractivity contribution < 1.29 is 22.7 Å². The highest BCUT2D eigenvalue weighted by Crippen LogP contribution is 2.37. The highest BCUT2D eigenvalue weighted by molar-refractivity contribution is 5.96. The second-order valence-corrected chi connectivity index (χ2v) is 5.28. The van der Waals surface area contributed by atoms with Crippen LogP contribution in [-0.2, 0) is 10.9 Å². The molecule has 3 rings (SSSR count). The van der Waals surface area contributed by atoms with E-state index >= 15 is 0 Å². The molecule has 3 heterocycles. The molecule has 1 aliphatic rings. The summed E-state index contributed by atoms with van der Waals surface area (Å²) >= 11 is 0. The molecule has 1 saturated heterocycles. The number of pyridine rings is 1. The molecule has 1 aliphatic heterocycles. The molecular weight excluding hydrogens is 339 g/mol. The minimum atomic E-state index is -4.67. The molecule has 1 amide bonds. The molecule has 2 N–H and O–H groups in total. The molecule has 2 aromatic rings. The van der Waals surface area contributed by atoms with Crippen LogP contribution < -0.4 is 10.6 Å². The monoisotopic (exact) mass is 353 g/mol. The Kier molecular flexibility index (Phi) is 4.53. The van der Waals surface area contributed by atoms with Gasteiger partial charge >= 0.3 is 6.18 Å². The summed E-state index contributed by atoms with van der Waals surface area (Å²) in [4.78, 5) is 25.0. The van der Waals surface area contributed by atoms with Gasteiger partial charge in [-0.1, -0.05) is 0 Å². The number of halogens is 3. The summed E-state index contributed by atoms with van der Waals surface area (Å²) in [6.07, 6.45) is -2.30. The maximum atomic E-state index is 13.4. The topological polar surface area (TPSA) is 94.2 Å². The van der Waals surface area contributed by atoms with Gasteiger partial charge in [-0.25, -0.2) is 9.97 Å². The van der Waals surface area contributed by atoms with Crippen LogP contribution >= 0.6 is 0 Å². The standard InChI is InChI=1S/C15H14F3N5O2/c16-15(17,18)9-1-2-10(23-5-7-25-8-6-23)22-11(9)12-13(14(19)24)21-4-3-20-12/h1-4H,5-8H2,(H2,19,24). The normalized spacial score (nSPS) is 15.2. The van der Waals surface area contributed by atoms with Crippen molar-refractivity contribution in [2.24, 2.45) is 5.73 Å². The number of primary amides is 1. The van der Waals surface area contributed by atoms with Crippen molar-refractivity contribution in [3.8, 4) is 11.4 Å². The quantitative estimate of drug-likeness (QED) is 0.899. The first kappa shape index (κ1) is 17.1. The lowest BCUT2D eigenvalue weighted by molar-refractivity contribution is -0.137. The Hall–Kier alpha value is -2.75. The van der Waals surface area contributed by atoms with Crippen LogP contribution in [0.25, 0.3) is 11.4 Å². The number of morpholine rings is 1. The highest BCUT2D eigenvalue weighted by Gasteiger charge is 2.36. The summed E-state index contributed by atoms with van der Waals surface area (Å²) in [6, 6.07) is 2.21. The fourth-order valence-corrected chi connectivity index (χ4v) is 2.52. The fraction of sp³-hybridized carbons (Fsp3) is 0.333. The van der Waals surface area contributed by atoms with Crippen molar-refractivity contribution >= 4 is 11.7 Å². The van der Waals surface area contributed by atoms with Crippen molar-refractivity contribution in [1.82, 2.24) is 15.0 Å². The van der Waals surface area contributed by atoms with Gasteiger partial charge in [-0.05, 0) is 12.1 Å². The lowest BCUT2D eigenvalue weighted by Crippen LogP contribution is -2.37. The van der Waals surface area contributed by atoms with E-state index < -0.39 is 23.3 Å². The third-order valence-electron chi connectivity index (χ3n) is 3.68. The Balaban J connectivity index is 2.16. The van der Waals surface area contributed by atoms with Gasteiger partial charge in [-0.15, -0.1) is 0 Å². The summed E-state index contributed by atoms with van der Waals surface area (Å²) in [7, 11) is 0. The average molecular weight is 353 g/mol.